The summed E-state index contributed by atoms with van der Waals surface area (Å²) in [6.07, 6.45) is 4.78. The van der Waals surface area contributed by atoms with E-state index in [1.807, 2.05) is 6.07 Å². The van der Waals surface area contributed by atoms with Crippen molar-refractivity contribution in [2.45, 2.75) is 44.0 Å². The molecular formula is C20H24FN7O2. The molecule has 2 saturated carbocycles. The maximum atomic E-state index is 13.1. The lowest BCUT2D eigenvalue weighted by Gasteiger charge is -2.30. The Morgan fingerprint density at radius 1 is 1.30 bits per heavy atom. The summed E-state index contributed by atoms with van der Waals surface area (Å²) in [5, 5.41) is 8.89. The van der Waals surface area contributed by atoms with Gasteiger partial charge in [0.2, 0.25) is 5.88 Å². The highest BCUT2D eigenvalue weighted by atomic mass is 19.1. The summed E-state index contributed by atoms with van der Waals surface area (Å²) in [6.45, 7) is 0. The van der Waals surface area contributed by atoms with Crippen molar-refractivity contribution in [1.82, 2.24) is 20.3 Å². The number of pyridine rings is 1. The quantitative estimate of drug-likeness (QED) is 0.485. The number of carbonyl (C=O) groups is 1. The van der Waals surface area contributed by atoms with Gasteiger partial charge in [0.15, 0.2) is 5.82 Å². The molecule has 10 heteroatoms. The minimum atomic E-state index is -0.869. The van der Waals surface area contributed by atoms with Crippen molar-refractivity contribution in [1.29, 1.82) is 0 Å². The monoisotopic (exact) mass is 413 g/mol. The van der Waals surface area contributed by atoms with Crippen molar-refractivity contribution in [2.75, 3.05) is 17.7 Å². The van der Waals surface area contributed by atoms with Crippen LogP contribution < -0.4 is 26.4 Å². The predicted molar refractivity (Wildman–Crippen MR) is 111 cm³/mol. The smallest absolute Gasteiger partial charge is 0.256 e. The van der Waals surface area contributed by atoms with Crippen LogP contribution in [0.2, 0.25) is 0 Å². The van der Waals surface area contributed by atoms with E-state index in [1.54, 1.807) is 25.4 Å². The van der Waals surface area contributed by atoms with E-state index in [0.29, 0.717) is 36.0 Å². The molecule has 0 aliphatic heterocycles. The van der Waals surface area contributed by atoms with E-state index in [9.17, 15) is 9.18 Å². The number of amides is 1. The zero-order valence-corrected chi connectivity index (χ0v) is 16.6. The number of nitrogens with two attached hydrogens (primary N) is 1. The van der Waals surface area contributed by atoms with E-state index in [4.69, 9.17) is 10.5 Å². The molecule has 2 aromatic rings. The van der Waals surface area contributed by atoms with Crippen LogP contribution in [0.15, 0.2) is 30.6 Å². The molecule has 0 bridgehead atoms. The molecule has 30 heavy (non-hydrogen) atoms. The molecule has 0 unspecified atom stereocenters. The number of nitrogens with zero attached hydrogens (tertiary/aromatic N) is 3. The van der Waals surface area contributed by atoms with Crippen LogP contribution in [0.1, 0.15) is 31.5 Å². The molecule has 0 saturated heterocycles. The Hall–Kier alpha value is -3.43. The molecule has 0 atom stereocenters. The lowest BCUT2D eigenvalue weighted by atomic mass is 9.90. The Morgan fingerprint density at radius 3 is 2.73 bits per heavy atom. The van der Waals surface area contributed by atoms with Gasteiger partial charge in [0.1, 0.15) is 29.6 Å². The third kappa shape index (κ3) is 4.58. The molecule has 5 N–H and O–H groups in total. The van der Waals surface area contributed by atoms with E-state index in [1.165, 1.54) is 0 Å². The van der Waals surface area contributed by atoms with Crippen molar-refractivity contribution in [3.63, 3.8) is 0 Å². The fourth-order valence-corrected chi connectivity index (χ4v) is 3.00. The van der Waals surface area contributed by atoms with E-state index < -0.39 is 12.1 Å². The van der Waals surface area contributed by atoms with Gasteiger partial charge < -0.3 is 26.4 Å². The number of ether oxygens (including phenoxy) is 1. The van der Waals surface area contributed by atoms with E-state index in [2.05, 4.69) is 30.9 Å². The topological polar surface area (TPSA) is 127 Å². The highest BCUT2D eigenvalue weighted by Crippen LogP contribution is 2.32. The molecule has 2 aliphatic carbocycles. The molecule has 2 fully saturated rings. The van der Waals surface area contributed by atoms with E-state index in [-0.39, 0.29) is 23.5 Å². The number of carbonyl (C=O) groups excluding carboxylic acids is 1. The van der Waals surface area contributed by atoms with Gasteiger partial charge in [0.05, 0.1) is 5.57 Å². The SMILES string of the molecule is CNc1cc(Nc2cccnc2OC2CC2)nc(C(=CN)C(=O)NC2CC(F)C2)n1. The van der Waals surface area contributed by atoms with Crippen LogP contribution in [0.3, 0.4) is 0 Å². The molecule has 158 valence electrons. The molecule has 2 aliphatic rings. The molecular weight excluding hydrogens is 389 g/mol. The van der Waals surface area contributed by atoms with Gasteiger partial charge >= 0.3 is 0 Å². The lowest BCUT2D eigenvalue weighted by molar-refractivity contribution is -0.117. The fourth-order valence-electron chi connectivity index (χ4n) is 3.00. The molecule has 2 heterocycles. The summed E-state index contributed by atoms with van der Waals surface area (Å²) in [5.41, 5.74) is 6.46. The van der Waals surface area contributed by atoms with Gasteiger partial charge in [-0.3, -0.25) is 4.79 Å². The number of rotatable bonds is 8. The first-order valence-electron chi connectivity index (χ1n) is 9.88. The van der Waals surface area contributed by atoms with E-state index >= 15 is 0 Å². The lowest BCUT2D eigenvalue weighted by Crippen LogP contribution is -2.45. The predicted octanol–water partition coefficient (Wildman–Crippen LogP) is 2.11. The fraction of sp³-hybridized carbons (Fsp3) is 0.400. The molecule has 2 aromatic heterocycles. The molecule has 0 radical (unpaired) electrons. The Kier molecular flexibility index (Phi) is 5.64. The number of hydrogen-bond donors (Lipinski definition) is 4. The van der Waals surface area contributed by atoms with Crippen molar-refractivity contribution >= 4 is 28.8 Å². The summed E-state index contributed by atoms with van der Waals surface area (Å²) in [5.74, 6) is 1.14. The summed E-state index contributed by atoms with van der Waals surface area (Å²) in [7, 11) is 1.71. The molecule has 1 amide bonds. The first-order chi connectivity index (χ1) is 14.6. The number of aromatic nitrogens is 3. The van der Waals surface area contributed by atoms with Crippen LogP contribution in [0.5, 0.6) is 5.88 Å². The van der Waals surface area contributed by atoms with Crippen LogP contribution in [-0.4, -0.2) is 46.2 Å². The van der Waals surface area contributed by atoms with Crippen LogP contribution in [0.25, 0.3) is 5.57 Å². The first kappa shape index (κ1) is 19.9. The zero-order chi connectivity index (χ0) is 21.1. The summed E-state index contributed by atoms with van der Waals surface area (Å²) >= 11 is 0. The van der Waals surface area contributed by atoms with Gasteiger partial charge in [-0.25, -0.2) is 19.3 Å². The molecule has 0 spiro atoms. The Labute approximate surface area is 173 Å². The number of nitrogens with one attached hydrogen (secondary N) is 3. The summed E-state index contributed by atoms with van der Waals surface area (Å²) < 4.78 is 18.9. The van der Waals surface area contributed by atoms with Gasteiger partial charge in [-0.2, -0.15) is 0 Å². The third-order valence-corrected chi connectivity index (χ3v) is 4.89. The van der Waals surface area contributed by atoms with Crippen LogP contribution in [-0.2, 0) is 4.79 Å². The maximum Gasteiger partial charge on any atom is 0.256 e. The van der Waals surface area contributed by atoms with Crippen molar-refractivity contribution < 1.29 is 13.9 Å². The van der Waals surface area contributed by atoms with E-state index in [0.717, 1.165) is 19.0 Å². The molecule has 4 rings (SSSR count). The second-order valence-corrected chi connectivity index (χ2v) is 7.33. The van der Waals surface area contributed by atoms with Gasteiger partial charge in [-0.05, 0) is 37.8 Å². The van der Waals surface area contributed by atoms with Crippen molar-refractivity contribution in [3.8, 4) is 5.88 Å². The highest BCUT2D eigenvalue weighted by molar-refractivity contribution is 6.18. The molecule has 9 nitrogen and oxygen atoms in total. The van der Waals surface area contributed by atoms with Crippen LogP contribution >= 0.6 is 0 Å². The van der Waals surface area contributed by atoms with Crippen molar-refractivity contribution in [2.24, 2.45) is 5.73 Å². The van der Waals surface area contributed by atoms with Gasteiger partial charge in [-0.15, -0.1) is 0 Å². The average Bonchev–Trinajstić information content (AvgIpc) is 3.53. The largest absolute Gasteiger partial charge is 0.473 e. The Morgan fingerprint density at radius 2 is 2.07 bits per heavy atom. The minimum absolute atomic E-state index is 0.109. The number of alkyl halides is 1. The number of halogens is 1. The van der Waals surface area contributed by atoms with Crippen molar-refractivity contribution in [3.05, 3.63) is 36.4 Å². The van der Waals surface area contributed by atoms with Gasteiger partial charge in [-0.1, -0.05) is 0 Å². The Bertz CT molecular complexity index is 958. The standard InChI is InChI=1S/C20H24FN7O2/c1-23-16-9-17(26-15-3-2-6-24-20(15)30-13-4-5-13)28-18(27-16)14(10-22)19(29)25-12-7-11(21)8-12/h2-3,6,9-13H,4-5,7-8,22H2,1H3,(H,25,29)(H2,23,26,27,28). The zero-order valence-electron chi connectivity index (χ0n) is 16.6. The maximum absolute atomic E-state index is 13.1. The summed E-state index contributed by atoms with van der Waals surface area (Å²) in [6, 6.07) is 5.12. The van der Waals surface area contributed by atoms with Crippen LogP contribution in [0, 0.1) is 0 Å². The Balaban J connectivity index is 1.56. The summed E-state index contributed by atoms with van der Waals surface area (Å²) in [4.78, 5) is 25.7. The van der Waals surface area contributed by atoms with Crippen LogP contribution in [0.4, 0.5) is 21.7 Å². The average molecular weight is 413 g/mol. The normalized spacial score (nSPS) is 20.8. The number of hydrogen-bond acceptors (Lipinski definition) is 8. The molecule has 0 aromatic carbocycles. The first-order valence-corrected chi connectivity index (χ1v) is 9.88. The third-order valence-electron chi connectivity index (χ3n) is 4.89. The second kappa shape index (κ2) is 8.52. The van der Waals surface area contributed by atoms with Gasteiger partial charge in [0.25, 0.3) is 5.91 Å². The number of anilines is 3. The second-order valence-electron chi connectivity index (χ2n) is 7.33. The minimum Gasteiger partial charge on any atom is -0.473 e. The highest BCUT2D eigenvalue weighted by Gasteiger charge is 2.31. The van der Waals surface area contributed by atoms with Gasteiger partial charge in [0, 0.05) is 31.6 Å².